The average Bonchev–Trinajstić information content (AvgIpc) is 2.36. The summed E-state index contributed by atoms with van der Waals surface area (Å²) in [6, 6.07) is 7.58. The molecule has 4 nitrogen and oxygen atoms in total. The number of hydrogen-bond acceptors (Lipinski definition) is 3. The number of carbonyl (C=O) groups is 1. The van der Waals surface area contributed by atoms with E-state index in [0.29, 0.717) is 6.42 Å². The second-order valence-electron chi connectivity index (χ2n) is 3.94. The number of rotatable bonds is 6. The van der Waals surface area contributed by atoms with Crippen molar-refractivity contribution in [2.75, 3.05) is 34.3 Å². The molecule has 0 bridgehead atoms. The van der Waals surface area contributed by atoms with Crippen molar-refractivity contribution in [3.8, 4) is 5.75 Å². The van der Waals surface area contributed by atoms with Gasteiger partial charge >= 0.3 is 0 Å². The normalized spacial score (nSPS) is 9.50. The molecule has 0 aliphatic carbocycles. The standard InChI is InChI=1S/C13H20N2O2.ClH/c1-14-8-9-15(2)13(16)10-11-4-6-12(17-3)7-5-11;/h4-7,14H,8-10H2,1-3H3;1H. The number of halogens is 1. The summed E-state index contributed by atoms with van der Waals surface area (Å²) in [6.07, 6.45) is 0.435. The van der Waals surface area contributed by atoms with Gasteiger partial charge in [-0.1, -0.05) is 12.1 Å². The minimum atomic E-state index is 0. The maximum Gasteiger partial charge on any atom is 0.226 e. The zero-order valence-electron chi connectivity index (χ0n) is 11.1. The van der Waals surface area contributed by atoms with Gasteiger partial charge in [0.2, 0.25) is 5.91 Å². The second-order valence-corrected chi connectivity index (χ2v) is 3.94. The van der Waals surface area contributed by atoms with Crippen LogP contribution in [0.15, 0.2) is 24.3 Å². The smallest absolute Gasteiger partial charge is 0.226 e. The highest BCUT2D eigenvalue weighted by atomic mass is 35.5. The van der Waals surface area contributed by atoms with Crippen molar-refractivity contribution >= 4 is 18.3 Å². The molecule has 0 aliphatic rings. The molecule has 0 saturated carbocycles. The summed E-state index contributed by atoms with van der Waals surface area (Å²) in [5.74, 6) is 0.940. The molecular formula is C13H21ClN2O2. The van der Waals surface area contributed by atoms with Crippen molar-refractivity contribution < 1.29 is 9.53 Å². The third-order valence-electron chi connectivity index (χ3n) is 2.64. The summed E-state index contributed by atoms with van der Waals surface area (Å²) in [4.78, 5) is 13.6. The first-order valence-electron chi connectivity index (χ1n) is 5.69. The highest BCUT2D eigenvalue weighted by molar-refractivity contribution is 5.85. The predicted molar refractivity (Wildman–Crippen MR) is 75.5 cm³/mol. The zero-order chi connectivity index (χ0) is 12.7. The third kappa shape index (κ3) is 5.38. The fourth-order valence-electron chi connectivity index (χ4n) is 1.46. The van der Waals surface area contributed by atoms with Gasteiger partial charge < -0.3 is 15.0 Å². The van der Waals surface area contributed by atoms with E-state index in [4.69, 9.17) is 4.74 Å². The lowest BCUT2D eigenvalue weighted by atomic mass is 10.1. The molecule has 1 aromatic carbocycles. The molecule has 0 spiro atoms. The van der Waals surface area contributed by atoms with Crippen molar-refractivity contribution in [2.45, 2.75) is 6.42 Å². The molecule has 18 heavy (non-hydrogen) atoms. The third-order valence-corrected chi connectivity index (χ3v) is 2.64. The lowest BCUT2D eigenvalue weighted by Crippen LogP contribution is -2.33. The largest absolute Gasteiger partial charge is 0.497 e. The number of ether oxygens (including phenoxy) is 1. The number of nitrogens with one attached hydrogen (secondary N) is 1. The van der Waals surface area contributed by atoms with E-state index in [1.54, 1.807) is 12.0 Å². The van der Waals surface area contributed by atoms with E-state index in [1.807, 2.05) is 38.4 Å². The summed E-state index contributed by atoms with van der Waals surface area (Å²) >= 11 is 0. The second kappa shape index (κ2) is 8.78. The molecule has 1 amide bonds. The Morgan fingerprint density at radius 2 is 1.94 bits per heavy atom. The van der Waals surface area contributed by atoms with Crippen LogP contribution in [-0.2, 0) is 11.2 Å². The number of carbonyl (C=O) groups excluding carboxylic acids is 1. The molecule has 0 saturated heterocycles. The van der Waals surface area contributed by atoms with E-state index in [2.05, 4.69) is 5.32 Å². The van der Waals surface area contributed by atoms with Crippen molar-refractivity contribution in [3.63, 3.8) is 0 Å². The molecule has 1 N–H and O–H groups in total. The Hall–Kier alpha value is -1.26. The van der Waals surface area contributed by atoms with Crippen molar-refractivity contribution in [1.29, 1.82) is 0 Å². The van der Waals surface area contributed by atoms with Crippen LogP contribution in [0.2, 0.25) is 0 Å². The molecule has 102 valence electrons. The van der Waals surface area contributed by atoms with Gasteiger partial charge in [-0.25, -0.2) is 0 Å². The Morgan fingerprint density at radius 1 is 1.33 bits per heavy atom. The summed E-state index contributed by atoms with van der Waals surface area (Å²) < 4.78 is 5.07. The van der Waals surface area contributed by atoms with Gasteiger partial charge in [0.15, 0.2) is 0 Å². The van der Waals surface area contributed by atoms with Gasteiger partial charge in [0, 0.05) is 20.1 Å². The van der Waals surface area contributed by atoms with Crippen LogP contribution in [0.25, 0.3) is 0 Å². The van der Waals surface area contributed by atoms with E-state index < -0.39 is 0 Å². The molecule has 0 aromatic heterocycles. The monoisotopic (exact) mass is 272 g/mol. The quantitative estimate of drug-likeness (QED) is 0.850. The molecule has 1 aromatic rings. The van der Waals surface area contributed by atoms with Gasteiger partial charge in [-0.15, -0.1) is 12.4 Å². The fourth-order valence-corrected chi connectivity index (χ4v) is 1.46. The van der Waals surface area contributed by atoms with E-state index in [-0.39, 0.29) is 18.3 Å². The van der Waals surface area contributed by atoms with Gasteiger partial charge in [0.1, 0.15) is 5.75 Å². The zero-order valence-corrected chi connectivity index (χ0v) is 11.9. The van der Waals surface area contributed by atoms with Crippen LogP contribution in [0, 0.1) is 0 Å². The summed E-state index contributed by atoms with van der Waals surface area (Å²) in [5, 5.41) is 3.02. The predicted octanol–water partition coefficient (Wildman–Crippen LogP) is 1.34. The average molecular weight is 273 g/mol. The Labute approximate surface area is 115 Å². The summed E-state index contributed by atoms with van der Waals surface area (Å²) in [5.41, 5.74) is 1.01. The Morgan fingerprint density at radius 3 is 2.44 bits per heavy atom. The highest BCUT2D eigenvalue weighted by Gasteiger charge is 2.08. The first-order valence-corrected chi connectivity index (χ1v) is 5.69. The van der Waals surface area contributed by atoms with Crippen LogP contribution in [0.3, 0.4) is 0 Å². The van der Waals surface area contributed by atoms with Crippen LogP contribution in [0.5, 0.6) is 5.75 Å². The lowest BCUT2D eigenvalue weighted by molar-refractivity contribution is -0.129. The Bertz CT molecular complexity index is 355. The number of likely N-dealkylation sites (N-methyl/N-ethyl adjacent to an activating group) is 2. The van der Waals surface area contributed by atoms with Crippen LogP contribution in [0.4, 0.5) is 0 Å². The molecule has 5 heteroatoms. The highest BCUT2D eigenvalue weighted by Crippen LogP contribution is 2.12. The molecule has 0 unspecified atom stereocenters. The summed E-state index contributed by atoms with van der Waals surface area (Å²) in [6.45, 7) is 1.54. The number of amides is 1. The molecule has 0 fully saturated rings. The maximum absolute atomic E-state index is 11.8. The minimum absolute atomic E-state index is 0. The van der Waals surface area contributed by atoms with Gasteiger partial charge in [-0.05, 0) is 24.7 Å². The lowest BCUT2D eigenvalue weighted by Gasteiger charge is -2.16. The molecule has 1 rings (SSSR count). The molecular weight excluding hydrogens is 252 g/mol. The number of benzene rings is 1. The van der Waals surface area contributed by atoms with E-state index in [1.165, 1.54) is 0 Å². The van der Waals surface area contributed by atoms with Crippen molar-refractivity contribution in [3.05, 3.63) is 29.8 Å². The van der Waals surface area contributed by atoms with Crippen molar-refractivity contribution in [1.82, 2.24) is 10.2 Å². The Kier molecular flexibility index (Phi) is 8.16. The Balaban J connectivity index is 0.00000289. The fraction of sp³-hybridized carbons (Fsp3) is 0.462. The first-order chi connectivity index (χ1) is 8.17. The summed E-state index contributed by atoms with van der Waals surface area (Å²) in [7, 11) is 5.33. The van der Waals surface area contributed by atoms with Crippen LogP contribution >= 0.6 is 12.4 Å². The maximum atomic E-state index is 11.8. The topological polar surface area (TPSA) is 41.6 Å². The van der Waals surface area contributed by atoms with E-state index in [9.17, 15) is 4.79 Å². The number of nitrogens with zero attached hydrogens (tertiary/aromatic N) is 1. The van der Waals surface area contributed by atoms with Crippen LogP contribution < -0.4 is 10.1 Å². The van der Waals surface area contributed by atoms with Crippen LogP contribution in [0.1, 0.15) is 5.56 Å². The van der Waals surface area contributed by atoms with Gasteiger partial charge in [-0.3, -0.25) is 4.79 Å². The minimum Gasteiger partial charge on any atom is -0.497 e. The van der Waals surface area contributed by atoms with Gasteiger partial charge in [-0.2, -0.15) is 0 Å². The van der Waals surface area contributed by atoms with Crippen LogP contribution in [-0.4, -0.2) is 45.1 Å². The van der Waals surface area contributed by atoms with Gasteiger partial charge in [0.25, 0.3) is 0 Å². The first kappa shape index (κ1) is 16.7. The number of methoxy groups -OCH3 is 1. The molecule has 0 radical (unpaired) electrons. The van der Waals surface area contributed by atoms with Gasteiger partial charge in [0.05, 0.1) is 13.5 Å². The van der Waals surface area contributed by atoms with Crippen molar-refractivity contribution in [2.24, 2.45) is 0 Å². The molecule has 0 aliphatic heterocycles. The van der Waals surface area contributed by atoms with E-state index in [0.717, 1.165) is 24.4 Å². The number of hydrogen-bond donors (Lipinski definition) is 1. The SMILES string of the molecule is CNCCN(C)C(=O)Cc1ccc(OC)cc1.Cl. The molecule has 0 atom stereocenters. The van der Waals surface area contributed by atoms with E-state index >= 15 is 0 Å². The molecule has 0 heterocycles.